The topological polar surface area (TPSA) is 67.9 Å². The van der Waals surface area contributed by atoms with Gasteiger partial charge in [-0.05, 0) is 30.3 Å². The minimum absolute atomic E-state index is 0.0429. The fraction of sp³-hybridized carbons (Fsp3) is 0.222. The van der Waals surface area contributed by atoms with Crippen molar-refractivity contribution in [3.8, 4) is 11.5 Å². The Morgan fingerprint density at radius 3 is 2.59 bits per heavy atom. The predicted octanol–water partition coefficient (Wildman–Crippen LogP) is 3.69. The maximum absolute atomic E-state index is 12.7. The molecule has 0 aromatic heterocycles. The number of amides is 2. The molecule has 9 heteroatoms. The zero-order valence-corrected chi connectivity index (χ0v) is 14.9. The predicted molar refractivity (Wildman–Crippen MR) is 95.6 cm³/mol. The summed E-state index contributed by atoms with van der Waals surface area (Å²) in [5.74, 6) is -0.614. The molecular formula is C18H15ClF2N2O4. The van der Waals surface area contributed by atoms with Gasteiger partial charge in [0, 0.05) is 5.69 Å². The number of halogens is 3. The number of alkyl halides is 2. The smallest absolute Gasteiger partial charge is 0.387 e. The van der Waals surface area contributed by atoms with E-state index in [0.717, 1.165) is 4.90 Å². The Morgan fingerprint density at radius 1 is 1.19 bits per heavy atom. The highest BCUT2D eigenvalue weighted by atomic mass is 35.5. The van der Waals surface area contributed by atoms with E-state index in [2.05, 4.69) is 10.1 Å². The van der Waals surface area contributed by atoms with Crippen LogP contribution in [0, 0.1) is 0 Å². The first-order chi connectivity index (χ1) is 12.9. The molecule has 0 spiro atoms. The van der Waals surface area contributed by atoms with Crippen molar-refractivity contribution in [1.82, 2.24) is 0 Å². The van der Waals surface area contributed by atoms with E-state index in [4.69, 9.17) is 16.3 Å². The van der Waals surface area contributed by atoms with E-state index < -0.39 is 18.6 Å². The number of benzene rings is 2. The fourth-order valence-corrected chi connectivity index (χ4v) is 3.02. The molecule has 0 unspecified atom stereocenters. The lowest BCUT2D eigenvalue weighted by Crippen LogP contribution is -2.35. The summed E-state index contributed by atoms with van der Waals surface area (Å²) >= 11 is 5.91. The summed E-state index contributed by atoms with van der Waals surface area (Å²) in [4.78, 5) is 26.2. The normalized spacial score (nSPS) is 16.8. The molecule has 3 rings (SSSR count). The van der Waals surface area contributed by atoms with Crippen LogP contribution in [0.3, 0.4) is 0 Å². The number of anilines is 2. The van der Waals surface area contributed by atoms with Gasteiger partial charge >= 0.3 is 6.61 Å². The Bertz CT molecular complexity index is 878. The second kappa shape index (κ2) is 7.79. The van der Waals surface area contributed by atoms with Gasteiger partial charge in [-0.1, -0.05) is 23.7 Å². The highest BCUT2D eigenvalue weighted by Gasteiger charge is 2.40. The van der Waals surface area contributed by atoms with Gasteiger partial charge in [-0.25, -0.2) is 4.90 Å². The third kappa shape index (κ3) is 3.95. The number of methoxy groups -OCH3 is 1. The molecule has 1 fully saturated rings. The third-order valence-corrected chi connectivity index (χ3v) is 4.26. The second-order valence-electron chi connectivity index (χ2n) is 5.66. The standard InChI is InChI=1S/C18H15ClF2N2O4/c1-26-15-5-3-2-4-13(15)23-16(24)9-12(17(23)25)22-10-6-7-14(11(19)8-10)27-18(20)21/h2-8,12,18,22H,9H2,1H3/t12-/m0/s1. The van der Waals surface area contributed by atoms with Crippen LogP contribution >= 0.6 is 11.6 Å². The summed E-state index contributed by atoms with van der Waals surface area (Å²) in [6.45, 7) is -3.00. The van der Waals surface area contributed by atoms with E-state index in [1.807, 2.05) is 0 Å². The van der Waals surface area contributed by atoms with Gasteiger partial charge in [-0.15, -0.1) is 0 Å². The van der Waals surface area contributed by atoms with Gasteiger partial charge in [0.2, 0.25) is 5.91 Å². The Labute approximate surface area is 158 Å². The van der Waals surface area contributed by atoms with E-state index >= 15 is 0 Å². The summed E-state index contributed by atoms with van der Waals surface area (Å²) < 4.78 is 34.1. The average molecular weight is 397 g/mol. The molecule has 1 aliphatic rings. The molecule has 27 heavy (non-hydrogen) atoms. The summed E-state index contributed by atoms with van der Waals surface area (Å²) in [6, 6.07) is 9.92. The zero-order valence-electron chi connectivity index (χ0n) is 14.1. The van der Waals surface area contributed by atoms with E-state index in [-0.39, 0.29) is 23.1 Å². The van der Waals surface area contributed by atoms with E-state index in [0.29, 0.717) is 17.1 Å². The summed E-state index contributed by atoms with van der Waals surface area (Å²) in [7, 11) is 1.45. The lowest BCUT2D eigenvalue weighted by Gasteiger charge is -2.18. The number of hydrogen-bond donors (Lipinski definition) is 1. The second-order valence-corrected chi connectivity index (χ2v) is 6.07. The van der Waals surface area contributed by atoms with Crippen molar-refractivity contribution in [3.05, 3.63) is 47.5 Å². The van der Waals surface area contributed by atoms with Crippen LogP contribution in [-0.2, 0) is 9.59 Å². The molecule has 1 saturated heterocycles. The molecule has 0 radical (unpaired) electrons. The number of rotatable bonds is 6. The van der Waals surface area contributed by atoms with Gasteiger partial charge in [-0.3, -0.25) is 9.59 Å². The molecule has 0 aliphatic carbocycles. The van der Waals surface area contributed by atoms with Crippen molar-refractivity contribution in [3.63, 3.8) is 0 Å². The van der Waals surface area contributed by atoms with Crippen molar-refractivity contribution in [2.24, 2.45) is 0 Å². The van der Waals surface area contributed by atoms with Crippen molar-refractivity contribution in [2.45, 2.75) is 19.1 Å². The number of hydrogen-bond acceptors (Lipinski definition) is 5. The van der Waals surface area contributed by atoms with Crippen LogP contribution in [0.5, 0.6) is 11.5 Å². The fourth-order valence-electron chi connectivity index (χ4n) is 2.80. The first-order valence-corrected chi connectivity index (χ1v) is 8.29. The van der Waals surface area contributed by atoms with Crippen LogP contribution in [0.4, 0.5) is 20.2 Å². The maximum atomic E-state index is 12.7. The van der Waals surface area contributed by atoms with Crippen LogP contribution in [0.2, 0.25) is 5.02 Å². The Kier molecular flexibility index (Phi) is 5.46. The molecule has 1 aliphatic heterocycles. The van der Waals surface area contributed by atoms with Gasteiger partial charge in [0.05, 0.1) is 24.2 Å². The van der Waals surface area contributed by atoms with Crippen molar-refractivity contribution >= 4 is 34.8 Å². The van der Waals surface area contributed by atoms with Gasteiger partial charge in [0.25, 0.3) is 5.91 Å². The molecule has 142 valence electrons. The molecular weight excluding hydrogens is 382 g/mol. The first kappa shape index (κ1) is 18.9. The van der Waals surface area contributed by atoms with Crippen LogP contribution in [0.25, 0.3) is 0 Å². The number of carbonyl (C=O) groups is 2. The molecule has 0 saturated carbocycles. The van der Waals surface area contributed by atoms with Gasteiger partial charge < -0.3 is 14.8 Å². The van der Waals surface area contributed by atoms with Gasteiger partial charge in [-0.2, -0.15) is 8.78 Å². The Hall–Kier alpha value is -2.87. The molecule has 6 nitrogen and oxygen atoms in total. The number of ether oxygens (including phenoxy) is 2. The molecule has 1 N–H and O–H groups in total. The molecule has 2 aromatic rings. The number of para-hydroxylation sites is 2. The Morgan fingerprint density at radius 2 is 1.93 bits per heavy atom. The average Bonchev–Trinajstić information content (AvgIpc) is 2.90. The van der Waals surface area contributed by atoms with Crippen molar-refractivity contribution in [1.29, 1.82) is 0 Å². The van der Waals surface area contributed by atoms with Crippen LogP contribution in [-0.4, -0.2) is 31.6 Å². The number of nitrogens with one attached hydrogen (secondary N) is 1. The molecule has 2 amide bonds. The van der Waals surface area contributed by atoms with E-state index in [1.165, 1.54) is 25.3 Å². The van der Waals surface area contributed by atoms with Crippen molar-refractivity contribution in [2.75, 3.05) is 17.3 Å². The highest BCUT2D eigenvalue weighted by molar-refractivity contribution is 6.32. The number of nitrogens with zero attached hydrogens (tertiary/aromatic N) is 1. The van der Waals surface area contributed by atoms with E-state index in [1.54, 1.807) is 24.3 Å². The van der Waals surface area contributed by atoms with Gasteiger partial charge in [0.1, 0.15) is 17.5 Å². The van der Waals surface area contributed by atoms with Crippen LogP contribution in [0.1, 0.15) is 6.42 Å². The number of imide groups is 1. The SMILES string of the molecule is COc1ccccc1N1C(=O)C[C@H](Nc2ccc(OC(F)F)c(Cl)c2)C1=O. The van der Waals surface area contributed by atoms with Crippen LogP contribution < -0.4 is 19.7 Å². The molecule has 1 heterocycles. The van der Waals surface area contributed by atoms with Crippen LogP contribution in [0.15, 0.2) is 42.5 Å². The van der Waals surface area contributed by atoms with E-state index in [9.17, 15) is 18.4 Å². The van der Waals surface area contributed by atoms with Crippen molar-refractivity contribution < 1.29 is 27.8 Å². The number of carbonyl (C=O) groups excluding carboxylic acids is 2. The zero-order chi connectivity index (χ0) is 19.6. The lowest BCUT2D eigenvalue weighted by atomic mass is 10.2. The monoisotopic (exact) mass is 396 g/mol. The molecule has 1 atom stereocenters. The molecule has 2 aromatic carbocycles. The minimum Gasteiger partial charge on any atom is -0.495 e. The lowest BCUT2D eigenvalue weighted by molar-refractivity contribution is -0.121. The maximum Gasteiger partial charge on any atom is 0.387 e. The van der Waals surface area contributed by atoms with Gasteiger partial charge in [0.15, 0.2) is 0 Å². The minimum atomic E-state index is -3.00. The summed E-state index contributed by atoms with van der Waals surface area (Å²) in [5, 5.41) is 2.86. The Balaban J connectivity index is 1.79. The third-order valence-electron chi connectivity index (χ3n) is 3.96. The summed E-state index contributed by atoms with van der Waals surface area (Å²) in [5.41, 5.74) is 0.757. The highest BCUT2D eigenvalue weighted by Crippen LogP contribution is 2.34. The largest absolute Gasteiger partial charge is 0.495 e. The quantitative estimate of drug-likeness (QED) is 0.754. The first-order valence-electron chi connectivity index (χ1n) is 7.91. The molecule has 0 bridgehead atoms. The summed E-state index contributed by atoms with van der Waals surface area (Å²) in [6.07, 6.45) is -0.0657.